The number of pyridine rings is 1. The minimum Gasteiger partial charge on any atom is -0.385 e. The number of halogens is 1. The largest absolute Gasteiger partial charge is 0.385 e. The summed E-state index contributed by atoms with van der Waals surface area (Å²) in [6.07, 6.45) is 5.76. The molecule has 1 aromatic rings. The maximum Gasteiger partial charge on any atom is 0.218 e. The number of hydrogen-bond donors (Lipinski definition) is 1. The Kier molecular flexibility index (Phi) is 2.50. The second-order valence-electron chi connectivity index (χ2n) is 3.93. The first kappa shape index (κ1) is 9.59. The van der Waals surface area contributed by atoms with Crippen LogP contribution in [0.25, 0.3) is 0 Å². The number of hydrogen-bond acceptors (Lipinski definition) is 2. The molecule has 14 heavy (non-hydrogen) atoms. The Hall–Kier alpha value is -0.960. The minimum atomic E-state index is -0.976. The third-order valence-corrected chi connectivity index (χ3v) is 2.94. The third kappa shape index (κ3) is 1.64. The topological polar surface area (TPSA) is 33.1 Å². The van der Waals surface area contributed by atoms with Gasteiger partial charge in [-0.1, -0.05) is 25.3 Å². The number of nitrogens with zero attached hydrogens (tertiary/aromatic N) is 1. The van der Waals surface area contributed by atoms with Gasteiger partial charge < -0.3 is 5.11 Å². The molecular formula is C11H14FNO. The van der Waals surface area contributed by atoms with Gasteiger partial charge in [0.2, 0.25) is 5.95 Å². The van der Waals surface area contributed by atoms with E-state index < -0.39 is 11.5 Å². The van der Waals surface area contributed by atoms with Crippen LogP contribution in [-0.2, 0) is 5.60 Å². The van der Waals surface area contributed by atoms with Crippen LogP contribution in [0, 0.1) is 5.95 Å². The third-order valence-electron chi connectivity index (χ3n) is 2.94. The summed E-state index contributed by atoms with van der Waals surface area (Å²) in [5.74, 6) is -0.531. The molecule has 0 aliphatic heterocycles. The van der Waals surface area contributed by atoms with Crippen LogP contribution in [-0.4, -0.2) is 10.1 Å². The molecule has 1 N–H and O–H groups in total. The lowest BCUT2D eigenvalue weighted by Crippen LogP contribution is -2.29. The molecule has 1 saturated carbocycles. The second-order valence-corrected chi connectivity index (χ2v) is 3.93. The fourth-order valence-corrected chi connectivity index (χ4v) is 2.14. The Bertz CT molecular complexity index is 321. The maximum atomic E-state index is 13.3. The summed E-state index contributed by atoms with van der Waals surface area (Å²) in [5.41, 5.74) is -0.615. The van der Waals surface area contributed by atoms with Crippen molar-refractivity contribution in [2.45, 2.75) is 37.7 Å². The molecule has 1 aliphatic rings. The molecule has 76 valence electrons. The van der Waals surface area contributed by atoms with Gasteiger partial charge in [0.25, 0.3) is 0 Å². The Labute approximate surface area is 82.8 Å². The van der Waals surface area contributed by atoms with Crippen molar-refractivity contribution < 1.29 is 9.50 Å². The highest BCUT2D eigenvalue weighted by Gasteiger charge is 2.33. The van der Waals surface area contributed by atoms with Crippen LogP contribution in [0.15, 0.2) is 18.3 Å². The molecule has 2 nitrogen and oxygen atoms in total. The van der Waals surface area contributed by atoms with Gasteiger partial charge in [0.1, 0.15) is 0 Å². The van der Waals surface area contributed by atoms with Crippen LogP contribution in [0.5, 0.6) is 0 Å². The normalized spacial score (nSPS) is 20.7. The second kappa shape index (κ2) is 3.65. The Morgan fingerprint density at radius 1 is 1.29 bits per heavy atom. The molecule has 0 radical (unpaired) electrons. The summed E-state index contributed by atoms with van der Waals surface area (Å²) in [5, 5.41) is 10.2. The summed E-state index contributed by atoms with van der Waals surface area (Å²) in [4.78, 5) is 3.57. The average molecular weight is 195 g/mol. The van der Waals surface area contributed by atoms with E-state index >= 15 is 0 Å². The summed E-state index contributed by atoms with van der Waals surface area (Å²) in [6.45, 7) is 0. The van der Waals surface area contributed by atoms with Crippen LogP contribution in [0.1, 0.15) is 37.7 Å². The van der Waals surface area contributed by atoms with E-state index in [0.29, 0.717) is 18.4 Å². The van der Waals surface area contributed by atoms with E-state index in [1.807, 2.05) is 0 Å². The van der Waals surface area contributed by atoms with Gasteiger partial charge in [0.05, 0.1) is 5.60 Å². The summed E-state index contributed by atoms with van der Waals surface area (Å²) in [6, 6.07) is 3.30. The van der Waals surface area contributed by atoms with Crippen LogP contribution in [0.3, 0.4) is 0 Å². The van der Waals surface area contributed by atoms with E-state index in [9.17, 15) is 9.50 Å². The van der Waals surface area contributed by atoms with Crippen molar-refractivity contribution >= 4 is 0 Å². The van der Waals surface area contributed by atoms with E-state index in [1.54, 1.807) is 12.1 Å². The summed E-state index contributed by atoms with van der Waals surface area (Å²) < 4.78 is 13.3. The lowest BCUT2D eigenvalue weighted by molar-refractivity contribution is -0.00439. The fraction of sp³-hybridized carbons (Fsp3) is 0.545. The SMILES string of the molecule is OC1(c2cccnc2F)CCCCC1. The van der Waals surface area contributed by atoms with Gasteiger partial charge in [-0.05, 0) is 18.9 Å². The zero-order valence-electron chi connectivity index (χ0n) is 8.04. The van der Waals surface area contributed by atoms with Crippen LogP contribution in [0.2, 0.25) is 0 Å². The molecule has 0 saturated heterocycles. The quantitative estimate of drug-likeness (QED) is 0.698. The number of aromatic nitrogens is 1. The van der Waals surface area contributed by atoms with Crippen molar-refractivity contribution in [1.29, 1.82) is 0 Å². The Balaban J connectivity index is 2.32. The predicted molar refractivity (Wildman–Crippen MR) is 51.2 cm³/mol. The molecule has 0 aromatic carbocycles. The smallest absolute Gasteiger partial charge is 0.218 e. The number of aliphatic hydroxyl groups is 1. The van der Waals surface area contributed by atoms with Crippen molar-refractivity contribution in [3.63, 3.8) is 0 Å². The van der Waals surface area contributed by atoms with Gasteiger partial charge in [-0.2, -0.15) is 4.39 Å². The Morgan fingerprint density at radius 3 is 2.64 bits per heavy atom. The lowest BCUT2D eigenvalue weighted by Gasteiger charge is -2.32. The molecule has 2 rings (SSSR count). The standard InChI is InChI=1S/C11H14FNO/c12-10-9(5-4-8-13-10)11(14)6-2-1-3-7-11/h4-5,8,14H,1-3,6-7H2. The van der Waals surface area contributed by atoms with Gasteiger partial charge in [0.15, 0.2) is 0 Å². The van der Waals surface area contributed by atoms with Crippen molar-refractivity contribution in [2.24, 2.45) is 0 Å². The molecule has 0 atom stereocenters. The Morgan fingerprint density at radius 2 is 2.00 bits per heavy atom. The van der Waals surface area contributed by atoms with Crippen molar-refractivity contribution in [2.75, 3.05) is 0 Å². The van der Waals surface area contributed by atoms with Gasteiger partial charge in [-0.25, -0.2) is 4.98 Å². The first-order valence-corrected chi connectivity index (χ1v) is 5.06. The van der Waals surface area contributed by atoms with E-state index in [-0.39, 0.29) is 0 Å². The van der Waals surface area contributed by atoms with Gasteiger partial charge >= 0.3 is 0 Å². The fourth-order valence-electron chi connectivity index (χ4n) is 2.14. The summed E-state index contributed by atoms with van der Waals surface area (Å²) in [7, 11) is 0. The maximum absolute atomic E-state index is 13.3. The predicted octanol–water partition coefficient (Wildman–Crippen LogP) is 2.37. The monoisotopic (exact) mass is 195 g/mol. The van der Waals surface area contributed by atoms with E-state index in [2.05, 4.69) is 4.98 Å². The highest BCUT2D eigenvalue weighted by molar-refractivity contribution is 5.20. The van der Waals surface area contributed by atoms with Crippen molar-refractivity contribution in [1.82, 2.24) is 4.98 Å². The molecular weight excluding hydrogens is 181 g/mol. The van der Waals surface area contributed by atoms with Crippen molar-refractivity contribution in [3.8, 4) is 0 Å². The highest BCUT2D eigenvalue weighted by atomic mass is 19.1. The van der Waals surface area contributed by atoms with Gasteiger partial charge in [-0.3, -0.25) is 0 Å². The summed E-state index contributed by atoms with van der Waals surface area (Å²) >= 11 is 0. The molecule has 3 heteroatoms. The van der Waals surface area contributed by atoms with Gasteiger partial charge in [0, 0.05) is 11.8 Å². The zero-order valence-corrected chi connectivity index (χ0v) is 8.04. The molecule has 0 unspecified atom stereocenters. The lowest BCUT2D eigenvalue weighted by atomic mass is 9.80. The zero-order chi connectivity index (χ0) is 10.0. The van der Waals surface area contributed by atoms with Crippen LogP contribution >= 0.6 is 0 Å². The van der Waals surface area contributed by atoms with E-state index in [4.69, 9.17) is 0 Å². The molecule has 1 aromatic heterocycles. The number of rotatable bonds is 1. The van der Waals surface area contributed by atoms with Crippen LogP contribution in [0.4, 0.5) is 4.39 Å². The van der Waals surface area contributed by atoms with Crippen LogP contribution < -0.4 is 0 Å². The first-order valence-electron chi connectivity index (χ1n) is 5.06. The van der Waals surface area contributed by atoms with E-state index in [0.717, 1.165) is 19.3 Å². The molecule has 0 amide bonds. The molecule has 1 fully saturated rings. The molecule has 1 aliphatic carbocycles. The molecule has 0 spiro atoms. The molecule has 0 bridgehead atoms. The highest BCUT2D eigenvalue weighted by Crippen LogP contribution is 2.37. The first-order chi connectivity index (χ1) is 6.72. The van der Waals surface area contributed by atoms with E-state index in [1.165, 1.54) is 6.20 Å². The van der Waals surface area contributed by atoms with Crippen molar-refractivity contribution in [3.05, 3.63) is 29.8 Å². The minimum absolute atomic E-state index is 0.361. The van der Waals surface area contributed by atoms with Gasteiger partial charge in [-0.15, -0.1) is 0 Å². The molecule has 1 heterocycles. The average Bonchev–Trinajstić information content (AvgIpc) is 2.19.